The van der Waals surface area contributed by atoms with Gasteiger partial charge in [-0.2, -0.15) is 0 Å². The van der Waals surface area contributed by atoms with Gasteiger partial charge < -0.3 is 30.7 Å². The maximum absolute atomic E-state index is 13.2. The molecule has 0 saturated carbocycles. The molecular weight excluding hydrogens is 548 g/mol. The van der Waals surface area contributed by atoms with Gasteiger partial charge in [-0.15, -0.1) is 0 Å². The van der Waals surface area contributed by atoms with E-state index in [2.05, 4.69) is 45.5 Å². The van der Waals surface area contributed by atoms with Crippen LogP contribution in [-0.2, 0) is 19.1 Å². The summed E-state index contributed by atoms with van der Waals surface area (Å²) in [5, 5.41) is 11.0. The first-order valence-corrected chi connectivity index (χ1v) is 15.0. The standard InChI is InChI=1S/C33H46N4O6/c1-20(2)28(37-32(41)43-33(5,6)7)30(39)36-27(29(38)35-21(3)4)17-12-18-34-31(40)42-19-26-24-15-10-8-13-22(24)23-14-9-11-16-25(23)26/h8-11,13-16,20-21,26-28H,12,17-19H2,1-7H3,(H,34,40)(H,35,38)(H,36,39)(H,37,41)/t27-,28-/m0/s1. The van der Waals surface area contributed by atoms with Crippen molar-refractivity contribution in [3.05, 3.63) is 59.7 Å². The Hall–Kier alpha value is -4.08. The van der Waals surface area contributed by atoms with Crippen LogP contribution in [-0.4, -0.2) is 60.9 Å². The number of alkyl carbamates (subject to hydrolysis) is 2. The Labute approximate surface area is 254 Å². The molecule has 0 unspecified atom stereocenters. The molecule has 0 heterocycles. The monoisotopic (exact) mass is 594 g/mol. The van der Waals surface area contributed by atoms with Gasteiger partial charge in [-0.3, -0.25) is 9.59 Å². The molecule has 234 valence electrons. The summed E-state index contributed by atoms with van der Waals surface area (Å²) in [5.74, 6) is -1.13. The Balaban J connectivity index is 1.53. The lowest BCUT2D eigenvalue weighted by Gasteiger charge is -2.27. The fraction of sp³-hybridized carbons (Fsp3) is 0.515. The number of rotatable bonds is 12. The highest BCUT2D eigenvalue weighted by Crippen LogP contribution is 2.44. The Morgan fingerprint density at radius 3 is 1.91 bits per heavy atom. The van der Waals surface area contributed by atoms with Gasteiger partial charge in [0.25, 0.3) is 0 Å². The van der Waals surface area contributed by atoms with Gasteiger partial charge in [-0.25, -0.2) is 9.59 Å². The molecule has 0 aromatic heterocycles. The van der Waals surface area contributed by atoms with Gasteiger partial charge in [0.2, 0.25) is 11.8 Å². The summed E-state index contributed by atoms with van der Waals surface area (Å²) < 4.78 is 10.9. The van der Waals surface area contributed by atoms with Crippen molar-refractivity contribution in [3.8, 4) is 11.1 Å². The smallest absolute Gasteiger partial charge is 0.408 e. The minimum atomic E-state index is -0.900. The lowest BCUT2D eigenvalue weighted by Crippen LogP contribution is -2.56. The molecule has 2 aromatic rings. The number of carbonyl (C=O) groups is 4. The number of amides is 4. The molecular formula is C33H46N4O6. The first kappa shape index (κ1) is 33.4. The second-order valence-electron chi connectivity index (χ2n) is 12.5. The molecule has 3 rings (SSSR count). The summed E-state index contributed by atoms with van der Waals surface area (Å²) in [6.07, 6.45) is -0.579. The van der Waals surface area contributed by atoms with Gasteiger partial charge in [-0.05, 0) is 75.6 Å². The molecule has 0 aliphatic heterocycles. The van der Waals surface area contributed by atoms with Crippen molar-refractivity contribution in [1.82, 2.24) is 21.3 Å². The van der Waals surface area contributed by atoms with Gasteiger partial charge in [0.15, 0.2) is 0 Å². The molecule has 0 spiro atoms. The summed E-state index contributed by atoms with van der Waals surface area (Å²) in [5.41, 5.74) is 3.85. The zero-order valence-electron chi connectivity index (χ0n) is 26.3. The van der Waals surface area contributed by atoms with E-state index in [1.54, 1.807) is 34.6 Å². The van der Waals surface area contributed by atoms with E-state index in [1.165, 1.54) is 0 Å². The lowest BCUT2D eigenvalue weighted by atomic mass is 9.98. The second kappa shape index (κ2) is 14.9. The van der Waals surface area contributed by atoms with Crippen molar-refractivity contribution >= 4 is 24.0 Å². The normalized spacial score (nSPS) is 13.9. The number of benzene rings is 2. The number of ether oxygens (including phenoxy) is 2. The first-order chi connectivity index (χ1) is 20.3. The van der Waals surface area contributed by atoms with Gasteiger partial charge in [-0.1, -0.05) is 62.4 Å². The van der Waals surface area contributed by atoms with E-state index in [9.17, 15) is 19.2 Å². The summed E-state index contributed by atoms with van der Waals surface area (Å²) >= 11 is 0. The molecule has 10 nitrogen and oxygen atoms in total. The molecule has 0 fully saturated rings. The van der Waals surface area contributed by atoms with Crippen LogP contribution in [0.3, 0.4) is 0 Å². The fourth-order valence-corrected chi connectivity index (χ4v) is 5.03. The quantitative estimate of drug-likeness (QED) is 0.259. The first-order valence-electron chi connectivity index (χ1n) is 15.0. The van der Waals surface area contributed by atoms with E-state index in [1.807, 2.05) is 38.1 Å². The number of nitrogens with one attached hydrogen (secondary N) is 4. The summed E-state index contributed by atoms with van der Waals surface area (Å²) in [4.78, 5) is 51.0. The van der Waals surface area contributed by atoms with Gasteiger partial charge in [0, 0.05) is 18.5 Å². The zero-order chi connectivity index (χ0) is 31.7. The van der Waals surface area contributed by atoms with E-state index < -0.39 is 35.8 Å². The van der Waals surface area contributed by atoms with Crippen molar-refractivity contribution in [2.45, 2.75) is 91.0 Å². The largest absolute Gasteiger partial charge is 0.449 e. The predicted octanol–water partition coefficient (Wildman–Crippen LogP) is 4.86. The molecule has 0 bridgehead atoms. The van der Waals surface area contributed by atoms with Crippen LogP contribution in [0.5, 0.6) is 0 Å². The SMILES string of the molecule is CC(C)NC(=O)[C@H](CCCNC(=O)OCC1c2ccccc2-c2ccccc21)NC(=O)[C@@H](NC(=O)OC(C)(C)C)C(C)C. The van der Waals surface area contributed by atoms with Crippen molar-refractivity contribution < 1.29 is 28.7 Å². The van der Waals surface area contributed by atoms with E-state index in [-0.39, 0.29) is 43.4 Å². The fourth-order valence-electron chi connectivity index (χ4n) is 5.03. The Kier molecular flexibility index (Phi) is 11.6. The summed E-state index contributed by atoms with van der Waals surface area (Å²) in [6.45, 7) is 12.9. The highest BCUT2D eigenvalue weighted by Gasteiger charge is 2.31. The molecule has 43 heavy (non-hydrogen) atoms. The lowest BCUT2D eigenvalue weighted by molar-refractivity contribution is -0.131. The minimum Gasteiger partial charge on any atom is -0.449 e. The molecule has 1 aliphatic carbocycles. The Morgan fingerprint density at radius 1 is 0.791 bits per heavy atom. The minimum absolute atomic E-state index is 0.0411. The molecule has 0 radical (unpaired) electrons. The van der Waals surface area contributed by atoms with E-state index >= 15 is 0 Å². The predicted molar refractivity (Wildman–Crippen MR) is 166 cm³/mol. The Bertz CT molecular complexity index is 1240. The molecule has 10 heteroatoms. The summed E-state index contributed by atoms with van der Waals surface area (Å²) in [6, 6.07) is 14.4. The van der Waals surface area contributed by atoms with Gasteiger partial charge >= 0.3 is 12.2 Å². The third kappa shape index (κ3) is 9.73. The molecule has 1 aliphatic rings. The van der Waals surface area contributed by atoms with Crippen LogP contribution in [0.25, 0.3) is 11.1 Å². The third-order valence-corrected chi connectivity index (χ3v) is 6.97. The van der Waals surface area contributed by atoms with Crippen molar-refractivity contribution in [2.24, 2.45) is 5.92 Å². The van der Waals surface area contributed by atoms with Crippen molar-refractivity contribution in [3.63, 3.8) is 0 Å². The molecule has 4 amide bonds. The average Bonchev–Trinajstić information content (AvgIpc) is 3.24. The highest BCUT2D eigenvalue weighted by molar-refractivity contribution is 5.91. The van der Waals surface area contributed by atoms with Gasteiger partial charge in [0.05, 0.1) is 0 Å². The third-order valence-electron chi connectivity index (χ3n) is 6.97. The second-order valence-corrected chi connectivity index (χ2v) is 12.5. The topological polar surface area (TPSA) is 135 Å². The van der Waals surface area contributed by atoms with E-state index in [0.29, 0.717) is 6.42 Å². The van der Waals surface area contributed by atoms with Crippen LogP contribution in [0.4, 0.5) is 9.59 Å². The van der Waals surface area contributed by atoms with Crippen LogP contribution >= 0.6 is 0 Å². The van der Waals surface area contributed by atoms with Crippen LogP contribution in [0.2, 0.25) is 0 Å². The average molecular weight is 595 g/mol. The van der Waals surface area contributed by atoms with Crippen LogP contribution in [0.1, 0.15) is 78.4 Å². The molecule has 4 N–H and O–H groups in total. The summed E-state index contributed by atoms with van der Waals surface area (Å²) in [7, 11) is 0. The van der Waals surface area contributed by atoms with E-state index in [0.717, 1.165) is 22.3 Å². The Morgan fingerprint density at radius 2 is 1.37 bits per heavy atom. The van der Waals surface area contributed by atoms with Crippen molar-refractivity contribution in [1.29, 1.82) is 0 Å². The van der Waals surface area contributed by atoms with Crippen molar-refractivity contribution in [2.75, 3.05) is 13.2 Å². The van der Waals surface area contributed by atoms with E-state index in [4.69, 9.17) is 9.47 Å². The number of hydrogen-bond donors (Lipinski definition) is 4. The number of carbonyl (C=O) groups excluding carboxylic acids is 4. The maximum atomic E-state index is 13.2. The zero-order valence-corrected chi connectivity index (χ0v) is 26.3. The highest BCUT2D eigenvalue weighted by atomic mass is 16.6. The molecule has 0 saturated heterocycles. The maximum Gasteiger partial charge on any atom is 0.408 e. The van der Waals surface area contributed by atoms with Crippen LogP contribution < -0.4 is 21.3 Å². The van der Waals surface area contributed by atoms with Crippen LogP contribution in [0.15, 0.2) is 48.5 Å². The molecule has 2 atom stereocenters. The molecule has 2 aromatic carbocycles. The van der Waals surface area contributed by atoms with Crippen LogP contribution in [0, 0.1) is 5.92 Å². The number of fused-ring (bicyclic) bond motifs is 3. The van der Waals surface area contributed by atoms with Gasteiger partial charge in [0.1, 0.15) is 24.3 Å². The number of hydrogen-bond acceptors (Lipinski definition) is 6.